The average molecular weight is 308 g/mol. The van der Waals surface area contributed by atoms with Gasteiger partial charge in [-0.15, -0.1) is 0 Å². The minimum atomic E-state index is -0.773. The number of ether oxygens (including phenoxy) is 1. The summed E-state index contributed by atoms with van der Waals surface area (Å²) in [5.74, 6) is 0.227. The molecule has 0 bridgehead atoms. The van der Waals surface area contributed by atoms with Gasteiger partial charge in [0.2, 0.25) is 5.91 Å². The molecule has 0 aromatic rings. The van der Waals surface area contributed by atoms with Crippen LogP contribution >= 0.6 is 0 Å². The van der Waals surface area contributed by atoms with Crippen molar-refractivity contribution in [1.82, 2.24) is 5.32 Å². The number of carbonyl (C=O) groups is 1. The van der Waals surface area contributed by atoms with Crippen molar-refractivity contribution in [3.05, 3.63) is 0 Å². The number of hydrogen-bond acceptors (Lipinski definition) is 3. The summed E-state index contributed by atoms with van der Waals surface area (Å²) in [6.07, 6.45) is 6.65. The molecule has 3 aliphatic rings. The largest absolute Gasteiger partial charge is 0.377 e. The number of amides is 1. The first kappa shape index (κ1) is 16.3. The molecule has 2 aliphatic carbocycles. The van der Waals surface area contributed by atoms with Gasteiger partial charge in [0.15, 0.2) is 0 Å². The molecule has 3 unspecified atom stereocenters. The number of carbonyl (C=O) groups excluding carboxylic acids is 1. The lowest BCUT2D eigenvalue weighted by atomic mass is 9.46. The summed E-state index contributed by atoms with van der Waals surface area (Å²) < 4.78 is 5.90. The Bertz CT molecular complexity index is 450. The molecule has 4 heteroatoms. The van der Waals surface area contributed by atoms with Crippen molar-refractivity contribution in [2.24, 2.45) is 22.5 Å². The summed E-state index contributed by atoms with van der Waals surface area (Å²) in [5.41, 5.74) is 6.02. The molecule has 2 saturated carbocycles. The van der Waals surface area contributed by atoms with E-state index in [1.807, 2.05) is 0 Å². The Morgan fingerprint density at radius 2 is 1.77 bits per heavy atom. The molecule has 1 amide bonds. The number of nitrogens with two attached hydrogens (primary N) is 1. The standard InChI is InChI=1S/C18H32N2O2/c1-16(2)9-7-12(8-10-16)20-15(21)18(19)13-6-5-11-22-14(13)17(18,3)4/h12-14H,5-11,19H2,1-4H3,(H,20,21). The highest BCUT2D eigenvalue weighted by Gasteiger charge is 2.70. The lowest BCUT2D eigenvalue weighted by molar-refractivity contribution is -0.225. The molecule has 22 heavy (non-hydrogen) atoms. The molecule has 3 N–H and O–H groups in total. The quantitative estimate of drug-likeness (QED) is 0.824. The predicted molar refractivity (Wildman–Crippen MR) is 87.3 cm³/mol. The zero-order valence-electron chi connectivity index (χ0n) is 14.6. The van der Waals surface area contributed by atoms with Crippen molar-refractivity contribution in [2.45, 2.75) is 83.9 Å². The molecule has 3 rings (SSSR count). The van der Waals surface area contributed by atoms with E-state index in [0.717, 1.165) is 32.3 Å². The van der Waals surface area contributed by atoms with Crippen LogP contribution in [0.2, 0.25) is 0 Å². The van der Waals surface area contributed by atoms with Gasteiger partial charge in [0, 0.05) is 24.0 Å². The Kier molecular flexibility index (Phi) is 3.84. The van der Waals surface area contributed by atoms with Crippen LogP contribution < -0.4 is 11.1 Å². The number of fused-ring (bicyclic) bond motifs is 1. The third kappa shape index (κ3) is 2.30. The van der Waals surface area contributed by atoms with Gasteiger partial charge in [-0.3, -0.25) is 4.79 Å². The van der Waals surface area contributed by atoms with Crippen molar-refractivity contribution in [1.29, 1.82) is 0 Å². The van der Waals surface area contributed by atoms with Crippen LogP contribution in [0.15, 0.2) is 0 Å². The van der Waals surface area contributed by atoms with E-state index in [4.69, 9.17) is 10.5 Å². The van der Waals surface area contributed by atoms with Gasteiger partial charge in [0.05, 0.1) is 6.10 Å². The second-order valence-corrected chi connectivity index (χ2v) is 9.04. The minimum absolute atomic E-state index is 0.0500. The van der Waals surface area contributed by atoms with Gasteiger partial charge < -0.3 is 15.8 Å². The smallest absolute Gasteiger partial charge is 0.241 e. The molecule has 1 aliphatic heterocycles. The highest BCUT2D eigenvalue weighted by Crippen LogP contribution is 2.57. The molecule has 1 heterocycles. The minimum Gasteiger partial charge on any atom is -0.377 e. The van der Waals surface area contributed by atoms with E-state index in [1.165, 1.54) is 12.8 Å². The van der Waals surface area contributed by atoms with Crippen molar-refractivity contribution >= 4 is 5.91 Å². The lowest BCUT2D eigenvalue weighted by Gasteiger charge is -2.65. The topological polar surface area (TPSA) is 64.4 Å². The monoisotopic (exact) mass is 308 g/mol. The first-order chi connectivity index (χ1) is 10.2. The van der Waals surface area contributed by atoms with Gasteiger partial charge in [-0.05, 0) is 43.9 Å². The molecule has 0 aromatic carbocycles. The molecule has 126 valence electrons. The van der Waals surface area contributed by atoms with E-state index < -0.39 is 5.54 Å². The molecular weight excluding hydrogens is 276 g/mol. The van der Waals surface area contributed by atoms with Crippen LogP contribution in [0.4, 0.5) is 0 Å². The fraction of sp³-hybridized carbons (Fsp3) is 0.944. The van der Waals surface area contributed by atoms with E-state index in [9.17, 15) is 4.79 Å². The molecule has 0 aromatic heterocycles. The van der Waals surface area contributed by atoms with Gasteiger partial charge in [-0.25, -0.2) is 0 Å². The van der Waals surface area contributed by atoms with E-state index in [2.05, 4.69) is 33.0 Å². The molecule has 0 radical (unpaired) electrons. The van der Waals surface area contributed by atoms with Crippen molar-refractivity contribution < 1.29 is 9.53 Å². The summed E-state index contributed by atoms with van der Waals surface area (Å²) in [5, 5.41) is 3.27. The third-order valence-corrected chi connectivity index (χ3v) is 6.73. The highest BCUT2D eigenvalue weighted by atomic mass is 16.5. The fourth-order valence-electron chi connectivity index (χ4n) is 4.89. The third-order valence-electron chi connectivity index (χ3n) is 6.73. The Morgan fingerprint density at radius 1 is 1.14 bits per heavy atom. The summed E-state index contributed by atoms with van der Waals surface area (Å²) in [6.45, 7) is 9.61. The molecule has 0 spiro atoms. The van der Waals surface area contributed by atoms with Crippen LogP contribution in [0.5, 0.6) is 0 Å². The van der Waals surface area contributed by atoms with Crippen LogP contribution in [-0.4, -0.2) is 30.2 Å². The van der Waals surface area contributed by atoms with E-state index >= 15 is 0 Å². The Balaban J connectivity index is 1.66. The lowest BCUT2D eigenvalue weighted by Crippen LogP contribution is -2.82. The van der Waals surface area contributed by atoms with Crippen LogP contribution in [0.25, 0.3) is 0 Å². The van der Waals surface area contributed by atoms with Gasteiger partial charge in [-0.2, -0.15) is 0 Å². The molecule has 1 saturated heterocycles. The maximum Gasteiger partial charge on any atom is 0.241 e. The van der Waals surface area contributed by atoms with E-state index in [1.54, 1.807) is 0 Å². The number of hydrogen-bond donors (Lipinski definition) is 2. The van der Waals surface area contributed by atoms with Crippen molar-refractivity contribution in [2.75, 3.05) is 6.61 Å². The Morgan fingerprint density at radius 3 is 2.41 bits per heavy atom. The van der Waals surface area contributed by atoms with Crippen LogP contribution in [0.3, 0.4) is 0 Å². The zero-order chi connectivity index (χ0) is 16.2. The molecule has 3 fully saturated rings. The SMILES string of the molecule is CC1(C)CCC(NC(=O)C2(N)C3CCCOC3C2(C)C)CC1. The van der Waals surface area contributed by atoms with Gasteiger partial charge >= 0.3 is 0 Å². The Labute approximate surface area is 134 Å². The first-order valence-corrected chi connectivity index (χ1v) is 8.90. The fourth-order valence-corrected chi connectivity index (χ4v) is 4.89. The molecule has 3 atom stereocenters. The number of nitrogens with one attached hydrogen (secondary N) is 1. The maximum atomic E-state index is 13.0. The van der Waals surface area contributed by atoms with E-state index in [0.29, 0.717) is 11.5 Å². The van der Waals surface area contributed by atoms with Crippen molar-refractivity contribution in [3.63, 3.8) is 0 Å². The zero-order valence-corrected chi connectivity index (χ0v) is 14.6. The van der Waals surface area contributed by atoms with Gasteiger partial charge in [-0.1, -0.05) is 27.7 Å². The van der Waals surface area contributed by atoms with E-state index in [-0.39, 0.29) is 23.3 Å². The summed E-state index contributed by atoms with van der Waals surface area (Å²) in [6, 6.07) is 0.292. The summed E-state index contributed by atoms with van der Waals surface area (Å²) in [4.78, 5) is 13.0. The number of rotatable bonds is 2. The maximum absolute atomic E-state index is 13.0. The van der Waals surface area contributed by atoms with Gasteiger partial charge in [0.1, 0.15) is 5.54 Å². The average Bonchev–Trinajstić information content (AvgIpc) is 2.48. The van der Waals surface area contributed by atoms with Crippen LogP contribution in [-0.2, 0) is 9.53 Å². The molecule has 4 nitrogen and oxygen atoms in total. The second-order valence-electron chi connectivity index (χ2n) is 9.04. The predicted octanol–water partition coefficient (Wildman–Crippen LogP) is 2.60. The van der Waals surface area contributed by atoms with Gasteiger partial charge in [0.25, 0.3) is 0 Å². The normalized spacial score (nSPS) is 40.4. The molecular formula is C18H32N2O2. The Hall–Kier alpha value is -0.610. The highest BCUT2D eigenvalue weighted by molar-refractivity contribution is 5.89. The van der Waals surface area contributed by atoms with Crippen LogP contribution in [0, 0.1) is 16.7 Å². The summed E-state index contributed by atoms with van der Waals surface area (Å²) >= 11 is 0. The van der Waals surface area contributed by atoms with Crippen LogP contribution in [0.1, 0.15) is 66.2 Å². The first-order valence-electron chi connectivity index (χ1n) is 8.90. The second kappa shape index (κ2) is 5.20. The summed E-state index contributed by atoms with van der Waals surface area (Å²) in [7, 11) is 0. The van der Waals surface area contributed by atoms with Crippen molar-refractivity contribution in [3.8, 4) is 0 Å².